The smallest absolute Gasteiger partial charge is 0.259 e. The number of benzene rings is 3. The van der Waals surface area contributed by atoms with Gasteiger partial charge in [-0.3, -0.25) is 15.1 Å². The molecule has 2 atom stereocenters. The van der Waals surface area contributed by atoms with E-state index in [0.717, 1.165) is 16.7 Å². The predicted octanol–water partition coefficient (Wildman–Crippen LogP) is 4.30. The number of rotatable bonds is 6. The van der Waals surface area contributed by atoms with Crippen LogP contribution in [0.4, 0.5) is 0 Å². The third kappa shape index (κ3) is 4.40. The lowest BCUT2D eigenvalue weighted by atomic mass is 9.89. The van der Waals surface area contributed by atoms with Gasteiger partial charge in [0.2, 0.25) is 10.0 Å². The van der Waals surface area contributed by atoms with E-state index in [-0.39, 0.29) is 29.2 Å². The molecule has 0 saturated carbocycles. The zero-order valence-electron chi connectivity index (χ0n) is 19.8. The Kier molecular flexibility index (Phi) is 6.36. The lowest BCUT2D eigenvalue weighted by Crippen LogP contribution is -2.41. The van der Waals surface area contributed by atoms with Crippen LogP contribution < -0.4 is 5.32 Å². The molecule has 2 fully saturated rings. The molecule has 2 N–H and O–H groups in total. The van der Waals surface area contributed by atoms with E-state index in [4.69, 9.17) is 17.0 Å². The minimum Gasteiger partial charge on any atom is -0.338 e. The number of guanidine groups is 1. The van der Waals surface area contributed by atoms with E-state index in [9.17, 15) is 13.2 Å². The molecule has 0 radical (unpaired) electrons. The molecule has 0 aliphatic carbocycles. The Hall–Kier alpha value is -3.20. The predicted molar refractivity (Wildman–Crippen MR) is 140 cm³/mol. The highest BCUT2D eigenvalue weighted by atomic mass is 35.5. The standard InChI is InChI=1S/C27H27ClN4O3S/c1-27(22-9-5-7-20(15-22)21-8-6-10-23(28)16-21)25(33)32(26(29)30-27)18-19-13-14-31(17-19)36(34,35)24-11-3-2-4-12-24/h2-12,15-16,19H,13-14,17-18H2,1H3,(H2,29,30)/t19-,27?/m1/s1. The highest BCUT2D eigenvalue weighted by molar-refractivity contribution is 7.89. The molecule has 0 spiro atoms. The summed E-state index contributed by atoms with van der Waals surface area (Å²) in [4.78, 5) is 15.3. The van der Waals surface area contributed by atoms with Crippen LogP contribution in [0.15, 0.2) is 83.8 Å². The molecule has 2 aliphatic rings. The normalized spacial score (nSPS) is 22.7. The van der Waals surface area contributed by atoms with Gasteiger partial charge in [0, 0.05) is 24.7 Å². The summed E-state index contributed by atoms with van der Waals surface area (Å²) in [6.07, 6.45) is 0.629. The monoisotopic (exact) mass is 522 g/mol. The van der Waals surface area contributed by atoms with Crippen LogP contribution in [-0.2, 0) is 20.4 Å². The number of sulfonamides is 1. The molecule has 0 aromatic heterocycles. The summed E-state index contributed by atoms with van der Waals surface area (Å²) >= 11 is 6.16. The second-order valence-corrected chi connectivity index (χ2v) is 11.8. The summed E-state index contributed by atoms with van der Waals surface area (Å²) in [6.45, 7) is 2.77. The average molecular weight is 523 g/mol. The fourth-order valence-corrected chi connectivity index (χ4v) is 6.68. The second kappa shape index (κ2) is 9.35. The maximum absolute atomic E-state index is 13.6. The summed E-state index contributed by atoms with van der Waals surface area (Å²) in [5.41, 5.74) is 1.52. The van der Waals surface area contributed by atoms with E-state index in [0.29, 0.717) is 24.5 Å². The first-order valence-corrected chi connectivity index (χ1v) is 13.6. The van der Waals surface area contributed by atoms with Crippen LogP contribution in [0.2, 0.25) is 5.02 Å². The Labute approximate surface area is 216 Å². The van der Waals surface area contributed by atoms with Crippen molar-refractivity contribution in [1.29, 1.82) is 5.41 Å². The minimum absolute atomic E-state index is 0.0278. The van der Waals surface area contributed by atoms with Gasteiger partial charge in [0.1, 0.15) is 5.54 Å². The van der Waals surface area contributed by atoms with Crippen molar-refractivity contribution in [1.82, 2.24) is 14.5 Å². The third-order valence-corrected chi connectivity index (χ3v) is 9.09. The Bertz CT molecular complexity index is 1430. The number of hydrogen-bond acceptors (Lipinski definition) is 4. The molecule has 0 bridgehead atoms. The van der Waals surface area contributed by atoms with Crippen molar-refractivity contribution in [3.8, 4) is 11.1 Å². The number of nitrogens with one attached hydrogen (secondary N) is 2. The lowest BCUT2D eigenvalue weighted by molar-refractivity contribution is -0.131. The van der Waals surface area contributed by atoms with E-state index in [2.05, 4.69) is 5.32 Å². The van der Waals surface area contributed by atoms with Crippen molar-refractivity contribution in [3.05, 3.63) is 89.4 Å². The number of carbonyl (C=O) groups excluding carboxylic acids is 1. The number of carbonyl (C=O) groups is 1. The SMILES string of the molecule is CC1(c2cccc(-c3cccc(Cl)c3)c2)NC(=N)N(C[C@@H]2CCN(S(=O)(=O)c3ccccc3)C2)C1=O. The first kappa shape index (κ1) is 24.5. The van der Waals surface area contributed by atoms with Gasteiger partial charge in [-0.15, -0.1) is 0 Å². The molecular formula is C27H27ClN4O3S. The molecule has 36 heavy (non-hydrogen) atoms. The molecule has 3 aromatic rings. The first-order chi connectivity index (χ1) is 17.2. The topological polar surface area (TPSA) is 93.6 Å². The molecule has 3 aromatic carbocycles. The molecule has 1 amide bonds. The third-order valence-electron chi connectivity index (χ3n) is 6.98. The molecular weight excluding hydrogens is 496 g/mol. The molecule has 186 valence electrons. The van der Waals surface area contributed by atoms with Crippen molar-refractivity contribution in [3.63, 3.8) is 0 Å². The van der Waals surface area contributed by atoms with Crippen molar-refractivity contribution in [2.24, 2.45) is 5.92 Å². The average Bonchev–Trinajstić information content (AvgIpc) is 3.44. The van der Waals surface area contributed by atoms with Crippen LogP contribution in [0.1, 0.15) is 18.9 Å². The zero-order chi connectivity index (χ0) is 25.5. The number of nitrogens with zero attached hydrogens (tertiary/aromatic N) is 2. The van der Waals surface area contributed by atoms with Crippen molar-refractivity contribution in [2.45, 2.75) is 23.8 Å². The lowest BCUT2D eigenvalue weighted by Gasteiger charge is -2.24. The second-order valence-electron chi connectivity index (χ2n) is 9.44. The highest BCUT2D eigenvalue weighted by Crippen LogP contribution is 2.33. The Morgan fingerprint density at radius 2 is 1.72 bits per heavy atom. The van der Waals surface area contributed by atoms with Crippen LogP contribution in [-0.4, -0.2) is 49.1 Å². The fraction of sp³-hybridized carbons (Fsp3) is 0.259. The van der Waals surface area contributed by atoms with E-state index in [1.165, 1.54) is 9.21 Å². The molecule has 7 nitrogen and oxygen atoms in total. The van der Waals surface area contributed by atoms with Crippen molar-refractivity contribution < 1.29 is 13.2 Å². The van der Waals surface area contributed by atoms with Gasteiger partial charge >= 0.3 is 0 Å². The van der Waals surface area contributed by atoms with Gasteiger partial charge in [0.05, 0.1) is 4.90 Å². The molecule has 2 aliphatic heterocycles. The molecule has 9 heteroatoms. The summed E-state index contributed by atoms with van der Waals surface area (Å²) in [7, 11) is -3.58. The van der Waals surface area contributed by atoms with Gasteiger partial charge in [-0.05, 0) is 66.3 Å². The van der Waals surface area contributed by atoms with Crippen LogP contribution in [0.25, 0.3) is 11.1 Å². The van der Waals surface area contributed by atoms with Crippen molar-refractivity contribution >= 4 is 33.5 Å². The van der Waals surface area contributed by atoms with E-state index in [1.54, 1.807) is 37.3 Å². The largest absolute Gasteiger partial charge is 0.338 e. The summed E-state index contributed by atoms with van der Waals surface area (Å²) in [5.74, 6) is -0.255. The van der Waals surface area contributed by atoms with Crippen LogP contribution in [0.5, 0.6) is 0 Å². The molecule has 2 heterocycles. The van der Waals surface area contributed by atoms with Gasteiger partial charge in [-0.2, -0.15) is 4.31 Å². The van der Waals surface area contributed by atoms with Crippen LogP contribution >= 0.6 is 11.6 Å². The van der Waals surface area contributed by atoms with E-state index in [1.807, 2.05) is 48.5 Å². The highest BCUT2D eigenvalue weighted by Gasteiger charge is 2.48. The van der Waals surface area contributed by atoms with Crippen LogP contribution in [0, 0.1) is 11.3 Å². The van der Waals surface area contributed by atoms with Gasteiger partial charge in [-0.1, -0.05) is 60.1 Å². The van der Waals surface area contributed by atoms with E-state index < -0.39 is 15.6 Å². The summed E-state index contributed by atoms with van der Waals surface area (Å²) < 4.78 is 27.4. The zero-order valence-corrected chi connectivity index (χ0v) is 21.4. The first-order valence-electron chi connectivity index (χ1n) is 11.8. The maximum atomic E-state index is 13.6. The van der Waals surface area contributed by atoms with Gasteiger partial charge in [0.15, 0.2) is 5.96 Å². The maximum Gasteiger partial charge on any atom is 0.259 e. The van der Waals surface area contributed by atoms with Crippen molar-refractivity contribution in [2.75, 3.05) is 19.6 Å². The number of halogens is 1. The minimum atomic E-state index is -3.58. The van der Waals surface area contributed by atoms with Gasteiger partial charge in [0.25, 0.3) is 5.91 Å². The Balaban J connectivity index is 1.32. The Morgan fingerprint density at radius 3 is 2.44 bits per heavy atom. The van der Waals surface area contributed by atoms with Gasteiger partial charge < -0.3 is 5.32 Å². The molecule has 1 unspecified atom stereocenters. The number of amides is 1. The fourth-order valence-electron chi connectivity index (χ4n) is 4.94. The van der Waals surface area contributed by atoms with Crippen LogP contribution in [0.3, 0.4) is 0 Å². The quantitative estimate of drug-likeness (QED) is 0.504. The van der Waals surface area contributed by atoms with Gasteiger partial charge in [-0.25, -0.2) is 8.42 Å². The molecule has 2 saturated heterocycles. The molecule has 5 rings (SSSR count). The summed E-state index contributed by atoms with van der Waals surface area (Å²) in [5, 5.41) is 12.2. The summed E-state index contributed by atoms with van der Waals surface area (Å²) in [6, 6.07) is 23.6. The van der Waals surface area contributed by atoms with E-state index >= 15 is 0 Å². The number of hydrogen-bond donors (Lipinski definition) is 2. The Morgan fingerprint density at radius 1 is 1.03 bits per heavy atom.